The molecule has 2 aromatic carbocycles. The van der Waals surface area contributed by atoms with E-state index in [1.165, 1.54) is 10.9 Å². The maximum absolute atomic E-state index is 12.5. The Balaban J connectivity index is 1.13. The topological polar surface area (TPSA) is 74.4 Å². The SMILES string of the molecule is O=C(CCc1ccc2c(c1)CN(C(=O)C1CC1)CCO2)NCCc1c[nH]c2ccccc12. The Morgan fingerprint density at radius 3 is 2.88 bits per heavy atom. The van der Waals surface area contributed by atoms with Gasteiger partial charge in [0.25, 0.3) is 0 Å². The highest BCUT2D eigenvalue weighted by Gasteiger charge is 2.34. The smallest absolute Gasteiger partial charge is 0.226 e. The summed E-state index contributed by atoms with van der Waals surface area (Å²) in [6.07, 6.45) is 5.96. The number of nitrogens with one attached hydrogen (secondary N) is 2. The van der Waals surface area contributed by atoms with Crippen LogP contribution in [0, 0.1) is 5.92 Å². The first kappa shape index (κ1) is 20.6. The van der Waals surface area contributed by atoms with Crippen LogP contribution in [0.25, 0.3) is 10.9 Å². The zero-order chi connectivity index (χ0) is 21.9. The number of aryl methyl sites for hydroxylation is 1. The maximum Gasteiger partial charge on any atom is 0.226 e. The highest BCUT2D eigenvalue weighted by Crippen LogP contribution is 2.33. The molecule has 1 aliphatic heterocycles. The van der Waals surface area contributed by atoms with Crippen LogP contribution in [0.3, 0.4) is 0 Å². The van der Waals surface area contributed by atoms with Crippen molar-refractivity contribution in [3.05, 3.63) is 65.4 Å². The molecule has 0 bridgehead atoms. The number of aromatic nitrogens is 1. The van der Waals surface area contributed by atoms with Gasteiger partial charge < -0.3 is 19.9 Å². The van der Waals surface area contributed by atoms with Crippen molar-refractivity contribution < 1.29 is 14.3 Å². The number of amides is 2. The van der Waals surface area contributed by atoms with E-state index in [-0.39, 0.29) is 17.7 Å². The second-order valence-corrected chi connectivity index (χ2v) is 8.78. The molecule has 6 nitrogen and oxygen atoms in total. The molecule has 0 saturated heterocycles. The zero-order valence-corrected chi connectivity index (χ0v) is 18.2. The Morgan fingerprint density at radius 1 is 1.12 bits per heavy atom. The molecule has 1 aromatic heterocycles. The van der Waals surface area contributed by atoms with E-state index in [9.17, 15) is 9.59 Å². The lowest BCUT2D eigenvalue weighted by Crippen LogP contribution is -2.33. The Morgan fingerprint density at radius 2 is 2.00 bits per heavy atom. The molecule has 2 amide bonds. The molecule has 1 saturated carbocycles. The van der Waals surface area contributed by atoms with Crippen LogP contribution in [0.1, 0.15) is 36.0 Å². The molecule has 0 atom stereocenters. The van der Waals surface area contributed by atoms with Crippen LogP contribution >= 0.6 is 0 Å². The van der Waals surface area contributed by atoms with Crippen LogP contribution in [-0.2, 0) is 29.0 Å². The summed E-state index contributed by atoms with van der Waals surface area (Å²) in [7, 11) is 0. The number of carbonyl (C=O) groups excluding carboxylic acids is 2. The number of H-pyrrole nitrogens is 1. The van der Waals surface area contributed by atoms with Crippen molar-refractivity contribution in [2.75, 3.05) is 19.7 Å². The van der Waals surface area contributed by atoms with Crippen LogP contribution in [0.2, 0.25) is 0 Å². The number of fused-ring (bicyclic) bond motifs is 2. The number of carbonyl (C=O) groups is 2. The van der Waals surface area contributed by atoms with Gasteiger partial charge in [0.2, 0.25) is 11.8 Å². The third kappa shape index (κ3) is 4.64. The molecular weight excluding hydrogens is 402 g/mol. The summed E-state index contributed by atoms with van der Waals surface area (Å²) in [6, 6.07) is 14.3. The monoisotopic (exact) mass is 431 g/mol. The second kappa shape index (κ2) is 9.07. The van der Waals surface area contributed by atoms with Gasteiger partial charge in [0.1, 0.15) is 12.4 Å². The summed E-state index contributed by atoms with van der Waals surface area (Å²) in [5, 5.41) is 4.25. The predicted octanol–water partition coefficient (Wildman–Crippen LogP) is 3.59. The molecule has 166 valence electrons. The van der Waals surface area contributed by atoms with Crippen LogP contribution in [0.4, 0.5) is 0 Å². The predicted molar refractivity (Wildman–Crippen MR) is 123 cm³/mol. The number of ether oxygens (including phenoxy) is 1. The normalized spacial score (nSPS) is 15.7. The molecular formula is C26H29N3O3. The van der Waals surface area contributed by atoms with Crippen LogP contribution in [0.5, 0.6) is 5.75 Å². The Labute approximate surface area is 187 Å². The average molecular weight is 432 g/mol. The summed E-state index contributed by atoms with van der Waals surface area (Å²) < 4.78 is 5.85. The third-order valence-electron chi connectivity index (χ3n) is 6.38. The van der Waals surface area contributed by atoms with Crippen molar-refractivity contribution in [3.63, 3.8) is 0 Å². The molecule has 2 N–H and O–H groups in total. The third-order valence-corrected chi connectivity index (χ3v) is 6.38. The maximum atomic E-state index is 12.5. The van der Waals surface area contributed by atoms with E-state index in [2.05, 4.69) is 28.5 Å². The number of rotatable bonds is 7. The fourth-order valence-electron chi connectivity index (χ4n) is 4.40. The number of benzene rings is 2. The summed E-state index contributed by atoms with van der Waals surface area (Å²) in [6.45, 7) is 2.38. The largest absolute Gasteiger partial charge is 0.491 e. The Kier molecular flexibility index (Phi) is 5.84. The highest BCUT2D eigenvalue weighted by molar-refractivity contribution is 5.83. The molecule has 0 radical (unpaired) electrons. The van der Waals surface area contributed by atoms with E-state index < -0.39 is 0 Å². The number of nitrogens with zero attached hydrogens (tertiary/aromatic N) is 1. The molecule has 6 heteroatoms. The first-order valence-corrected chi connectivity index (χ1v) is 11.5. The first-order chi connectivity index (χ1) is 15.7. The minimum absolute atomic E-state index is 0.0570. The summed E-state index contributed by atoms with van der Waals surface area (Å²) in [5.74, 6) is 1.37. The number of hydrogen-bond acceptors (Lipinski definition) is 3. The van der Waals surface area contributed by atoms with Crippen molar-refractivity contribution in [2.24, 2.45) is 5.92 Å². The van der Waals surface area contributed by atoms with Crippen molar-refractivity contribution >= 4 is 22.7 Å². The van der Waals surface area contributed by atoms with Crippen LogP contribution < -0.4 is 10.1 Å². The molecule has 1 aliphatic carbocycles. The van der Waals surface area contributed by atoms with Crippen molar-refractivity contribution in [1.29, 1.82) is 0 Å². The van der Waals surface area contributed by atoms with Gasteiger partial charge in [-0.15, -0.1) is 0 Å². The molecule has 2 heterocycles. The van der Waals surface area contributed by atoms with Gasteiger partial charge in [-0.3, -0.25) is 9.59 Å². The molecule has 5 rings (SSSR count). The highest BCUT2D eigenvalue weighted by atomic mass is 16.5. The van der Waals surface area contributed by atoms with Crippen molar-refractivity contribution in [3.8, 4) is 5.75 Å². The molecule has 0 unspecified atom stereocenters. The lowest BCUT2D eigenvalue weighted by atomic mass is 10.0. The minimum atomic E-state index is 0.0570. The number of para-hydroxylation sites is 1. The van der Waals surface area contributed by atoms with Gasteiger partial charge in [-0.25, -0.2) is 0 Å². The molecule has 2 aliphatic rings. The van der Waals surface area contributed by atoms with E-state index in [0.29, 0.717) is 39.1 Å². The van der Waals surface area contributed by atoms with Gasteiger partial charge >= 0.3 is 0 Å². The quantitative estimate of drug-likeness (QED) is 0.600. The lowest BCUT2D eigenvalue weighted by molar-refractivity contribution is -0.133. The number of aromatic amines is 1. The molecule has 0 spiro atoms. The standard InChI is InChI=1S/C26H29N3O3/c30-25(27-12-11-20-16-28-23-4-2-1-3-22(20)23)10-6-18-5-9-24-21(15-18)17-29(13-14-32-24)26(31)19-7-8-19/h1-5,9,15-16,19,28H,6-8,10-14,17H2,(H,27,30). The van der Waals surface area contributed by atoms with E-state index in [1.54, 1.807) is 0 Å². The lowest BCUT2D eigenvalue weighted by Gasteiger charge is -2.19. The summed E-state index contributed by atoms with van der Waals surface area (Å²) in [5.41, 5.74) is 4.48. The molecule has 3 aromatic rings. The summed E-state index contributed by atoms with van der Waals surface area (Å²) >= 11 is 0. The van der Waals surface area contributed by atoms with E-state index in [0.717, 1.165) is 41.7 Å². The fraction of sp³-hybridized carbons (Fsp3) is 0.385. The van der Waals surface area contributed by atoms with Crippen LogP contribution in [0.15, 0.2) is 48.7 Å². The van der Waals surface area contributed by atoms with Gasteiger partial charge in [0, 0.05) is 48.1 Å². The van der Waals surface area contributed by atoms with Gasteiger partial charge in [-0.05, 0) is 48.9 Å². The first-order valence-electron chi connectivity index (χ1n) is 11.5. The average Bonchev–Trinajstić information content (AvgIpc) is 3.61. The van der Waals surface area contributed by atoms with Crippen molar-refractivity contribution in [1.82, 2.24) is 15.2 Å². The van der Waals surface area contributed by atoms with E-state index >= 15 is 0 Å². The van der Waals surface area contributed by atoms with Crippen LogP contribution in [-0.4, -0.2) is 41.4 Å². The molecule has 32 heavy (non-hydrogen) atoms. The van der Waals surface area contributed by atoms with Gasteiger partial charge in [0.05, 0.1) is 6.54 Å². The van der Waals surface area contributed by atoms with E-state index in [1.807, 2.05) is 35.4 Å². The van der Waals surface area contributed by atoms with E-state index in [4.69, 9.17) is 4.74 Å². The Bertz CT molecular complexity index is 1130. The fourth-order valence-corrected chi connectivity index (χ4v) is 4.40. The van der Waals surface area contributed by atoms with Gasteiger partial charge in [0.15, 0.2) is 0 Å². The number of hydrogen-bond donors (Lipinski definition) is 2. The minimum Gasteiger partial charge on any atom is -0.491 e. The van der Waals surface area contributed by atoms with Gasteiger partial charge in [-0.2, -0.15) is 0 Å². The zero-order valence-electron chi connectivity index (χ0n) is 18.2. The van der Waals surface area contributed by atoms with Crippen molar-refractivity contribution in [2.45, 2.75) is 38.6 Å². The second-order valence-electron chi connectivity index (χ2n) is 8.78. The summed E-state index contributed by atoms with van der Waals surface area (Å²) in [4.78, 5) is 30.1. The Hall–Kier alpha value is -3.28. The molecule has 1 fully saturated rings. The van der Waals surface area contributed by atoms with Gasteiger partial charge in [-0.1, -0.05) is 30.3 Å².